The van der Waals surface area contributed by atoms with Crippen molar-refractivity contribution in [2.24, 2.45) is 5.92 Å². The summed E-state index contributed by atoms with van der Waals surface area (Å²) in [5.41, 5.74) is 0. The summed E-state index contributed by atoms with van der Waals surface area (Å²) in [4.78, 5) is 23.5. The minimum absolute atomic E-state index is 0.0232. The van der Waals surface area contributed by atoms with Crippen LogP contribution in [-0.2, 0) is 4.79 Å². The van der Waals surface area contributed by atoms with Crippen LogP contribution in [0.25, 0.3) is 11.6 Å². The van der Waals surface area contributed by atoms with Crippen molar-refractivity contribution in [2.45, 2.75) is 69.7 Å². The normalized spacial score (nSPS) is 29.5. The van der Waals surface area contributed by atoms with Gasteiger partial charge in [0.25, 0.3) is 0 Å². The van der Waals surface area contributed by atoms with Gasteiger partial charge in [-0.25, -0.2) is 4.98 Å². The Morgan fingerprint density at radius 1 is 1.04 bits per heavy atom. The molecule has 0 bridgehead atoms. The van der Waals surface area contributed by atoms with Gasteiger partial charge >= 0.3 is 0 Å². The number of aromatic nitrogens is 5. The molecule has 0 spiro atoms. The predicted octanol–water partition coefficient (Wildman–Crippen LogP) is 2.63. The lowest BCUT2D eigenvalue weighted by atomic mass is 9.87. The van der Waals surface area contributed by atoms with Crippen LogP contribution in [0.1, 0.15) is 75.4 Å². The number of likely N-dealkylation sites (tertiary alicyclic amines) is 1. The van der Waals surface area contributed by atoms with Crippen molar-refractivity contribution >= 4 is 5.91 Å². The lowest BCUT2D eigenvalue weighted by Gasteiger charge is -2.33. The van der Waals surface area contributed by atoms with E-state index in [-0.39, 0.29) is 11.8 Å². The topological polar surface area (TPSA) is 101 Å². The van der Waals surface area contributed by atoms with Crippen LogP contribution in [0.5, 0.6) is 0 Å². The maximum absolute atomic E-state index is 12.5. The van der Waals surface area contributed by atoms with Crippen LogP contribution in [0.2, 0.25) is 0 Å². The number of carbonyl (C=O) groups excluding carboxylic acids is 1. The summed E-state index contributed by atoms with van der Waals surface area (Å²) in [6, 6.07) is 0.375. The fourth-order valence-corrected chi connectivity index (χ4v) is 4.21. The van der Waals surface area contributed by atoms with E-state index in [2.05, 4.69) is 32.2 Å². The number of nitrogens with zero attached hydrogens (tertiary/aromatic N) is 5. The second-order valence-corrected chi connectivity index (χ2v) is 8.14. The van der Waals surface area contributed by atoms with Crippen molar-refractivity contribution in [2.75, 3.05) is 6.54 Å². The highest BCUT2D eigenvalue weighted by atomic mass is 16.5. The molecule has 2 aliphatic carbocycles. The van der Waals surface area contributed by atoms with Gasteiger partial charge in [-0.3, -0.25) is 9.89 Å². The molecule has 2 saturated carbocycles. The molecular formula is C18H24N6O2. The molecule has 8 heteroatoms. The number of amides is 1. The van der Waals surface area contributed by atoms with E-state index in [1.54, 1.807) is 0 Å². The van der Waals surface area contributed by atoms with Crippen molar-refractivity contribution in [3.63, 3.8) is 0 Å². The van der Waals surface area contributed by atoms with E-state index in [9.17, 15) is 4.79 Å². The Morgan fingerprint density at radius 3 is 2.62 bits per heavy atom. The fraction of sp³-hybridized carbons (Fsp3) is 0.722. The molecule has 3 heterocycles. The molecule has 1 amide bonds. The van der Waals surface area contributed by atoms with Gasteiger partial charge in [0.15, 0.2) is 0 Å². The standard InChI is InChI=1S/C18H24N6O2/c1-10-2-6-13(7-3-10)24-9-12(8-14(24)25)18-20-17(23-26-18)16-19-15(21-22-16)11-4-5-11/h10-13H,2-9H2,1H3,(H,19,21,22). The molecule has 26 heavy (non-hydrogen) atoms. The van der Waals surface area contributed by atoms with Gasteiger partial charge in [0.1, 0.15) is 5.82 Å². The molecule has 1 saturated heterocycles. The van der Waals surface area contributed by atoms with Gasteiger partial charge in [-0.1, -0.05) is 12.1 Å². The monoisotopic (exact) mass is 356 g/mol. The van der Waals surface area contributed by atoms with E-state index in [1.165, 1.54) is 12.8 Å². The van der Waals surface area contributed by atoms with Crippen molar-refractivity contribution in [3.05, 3.63) is 11.7 Å². The fourth-order valence-electron chi connectivity index (χ4n) is 4.21. The van der Waals surface area contributed by atoms with Crippen molar-refractivity contribution < 1.29 is 9.32 Å². The number of aromatic amines is 1. The highest BCUT2D eigenvalue weighted by Gasteiger charge is 2.39. The number of carbonyl (C=O) groups is 1. The SMILES string of the molecule is CC1CCC(N2CC(c3nc(-c4n[nH]c(C5CC5)n4)no3)CC2=O)CC1. The molecule has 1 unspecified atom stereocenters. The van der Waals surface area contributed by atoms with Gasteiger partial charge in [0.2, 0.25) is 23.4 Å². The number of H-pyrrole nitrogens is 1. The highest BCUT2D eigenvalue weighted by molar-refractivity contribution is 5.79. The summed E-state index contributed by atoms with van der Waals surface area (Å²) < 4.78 is 5.46. The zero-order valence-electron chi connectivity index (χ0n) is 15.0. The summed E-state index contributed by atoms with van der Waals surface area (Å²) >= 11 is 0. The minimum atomic E-state index is -0.0232. The Labute approximate surface area is 151 Å². The molecule has 2 aromatic heterocycles. The first-order valence-corrected chi connectivity index (χ1v) is 9.73. The van der Waals surface area contributed by atoms with Crippen LogP contribution in [0.3, 0.4) is 0 Å². The van der Waals surface area contributed by atoms with Gasteiger partial charge in [-0.15, -0.1) is 5.10 Å². The van der Waals surface area contributed by atoms with E-state index < -0.39 is 0 Å². The van der Waals surface area contributed by atoms with Crippen molar-refractivity contribution in [3.8, 4) is 11.6 Å². The lowest BCUT2D eigenvalue weighted by molar-refractivity contribution is -0.130. The smallest absolute Gasteiger partial charge is 0.242 e. The van der Waals surface area contributed by atoms with E-state index >= 15 is 0 Å². The molecular weight excluding hydrogens is 332 g/mol. The van der Waals surface area contributed by atoms with Crippen LogP contribution < -0.4 is 0 Å². The Bertz CT molecular complexity index is 802. The van der Waals surface area contributed by atoms with Gasteiger partial charge < -0.3 is 9.42 Å². The Hall–Kier alpha value is -2.25. The Morgan fingerprint density at radius 2 is 1.85 bits per heavy atom. The van der Waals surface area contributed by atoms with E-state index in [4.69, 9.17) is 4.52 Å². The van der Waals surface area contributed by atoms with Crippen LogP contribution in [0.15, 0.2) is 4.52 Å². The second-order valence-electron chi connectivity index (χ2n) is 8.14. The summed E-state index contributed by atoms with van der Waals surface area (Å²) in [6.07, 6.45) is 7.40. The molecule has 3 aliphatic rings. The quantitative estimate of drug-likeness (QED) is 0.904. The molecule has 5 rings (SSSR count). The van der Waals surface area contributed by atoms with E-state index in [1.807, 2.05) is 4.90 Å². The van der Waals surface area contributed by atoms with Gasteiger partial charge in [-0.2, -0.15) is 4.98 Å². The van der Waals surface area contributed by atoms with Gasteiger partial charge in [-0.05, 0) is 44.4 Å². The van der Waals surface area contributed by atoms with E-state index in [0.717, 1.165) is 37.4 Å². The highest BCUT2D eigenvalue weighted by Crippen LogP contribution is 2.38. The average molecular weight is 356 g/mol. The van der Waals surface area contributed by atoms with E-state index in [0.29, 0.717) is 42.5 Å². The molecule has 2 aromatic rings. The first-order valence-electron chi connectivity index (χ1n) is 9.73. The number of rotatable bonds is 4. The van der Waals surface area contributed by atoms with Gasteiger partial charge in [0.05, 0.1) is 5.92 Å². The zero-order chi connectivity index (χ0) is 17.7. The largest absolute Gasteiger partial charge is 0.339 e. The van der Waals surface area contributed by atoms with Crippen LogP contribution >= 0.6 is 0 Å². The first-order chi connectivity index (χ1) is 12.7. The van der Waals surface area contributed by atoms with Crippen LogP contribution in [-0.4, -0.2) is 48.7 Å². The number of hydrogen-bond donors (Lipinski definition) is 1. The maximum atomic E-state index is 12.5. The third-order valence-corrected chi connectivity index (χ3v) is 6.04. The summed E-state index contributed by atoms with van der Waals surface area (Å²) in [6.45, 7) is 2.98. The molecule has 0 aromatic carbocycles. The molecule has 1 N–H and O–H groups in total. The first kappa shape index (κ1) is 16.0. The van der Waals surface area contributed by atoms with Gasteiger partial charge in [0, 0.05) is 24.9 Å². The summed E-state index contributed by atoms with van der Waals surface area (Å²) in [5, 5.41) is 11.2. The average Bonchev–Trinajstić information content (AvgIpc) is 3.06. The third kappa shape index (κ3) is 2.91. The predicted molar refractivity (Wildman–Crippen MR) is 92.1 cm³/mol. The Balaban J connectivity index is 1.28. The Kier molecular flexibility index (Phi) is 3.79. The van der Waals surface area contributed by atoms with Crippen molar-refractivity contribution in [1.82, 2.24) is 30.2 Å². The minimum Gasteiger partial charge on any atom is -0.339 e. The number of nitrogens with one attached hydrogen (secondary N) is 1. The zero-order valence-corrected chi connectivity index (χ0v) is 15.0. The molecule has 138 valence electrons. The van der Waals surface area contributed by atoms with Crippen molar-refractivity contribution in [1.29, 1.82) is 0 Å². The molecule has 1 atom stereocenters. The molecule has 3 fully saturated rings. The third-order valence-electron chi connectivity index (χ3n) is 6.04. The lowest BCUT2D eigenvalue weighted by Crippen LogP contribution is -2.38. The maximum Gasteiger partial charge on any atom is 0.242 e. The summed E-state index contributed by atoms with van der Waals surface area (Å²) in [7, 11) is 0. The summed E-state index contributed by atoms with van der Waals surface area (Å²) in [5.74, 6) is 3.78. The molecule has 8 nitrogen and oxygen atoms in total. The van der Waals surface area contributed by atoms with Crippen LogP contribution in [0.4, 0.5) is 0 Å². The molecule has 1 aliphatic heterocycles. The second kappa shape index (κ2) is 6.17. The number of hydrogen-bond acceptors (Lipinski definition) is 6. The van der Waals surface area contributed by atoms with Crippen LogP contribution in [0, 0.1) is 5.92 Å². The molecule has 0 radical (unpaired) electrons.